The summed E-state index contributed by atoms with van der Waals surface area (Å²) in [6, 6.07) is 3.05. The van der Waals surface area contributed by atoms with E-state index in [1.54, 1.807) is 17.9 Å². The first-order valence-corrected chi connectivity index (χ1v) is 13.0. The molecule has 0 spiro atoms. The maximum absolute atomic E-state index is 12.2. The summed E-state index contributed by atoms with van der Waals surface area (Å²) < 4.78 is 40.5. The lowest BCUT2D eigenvalue weighted by Gasteiger charge is -2.32. The molecular formula is C22H31N5O6S. The molecule has 1 N–H and O–H groups in total. The molecule has 11 nitrogen and oxygen atoms in total. The highest BCUT2D eigenvalue weighted by Gasteiger charge is 2.27. The molecule has 0 unspecified atom stereocenters. The average molecular weight is 494 g/mol. The molecule has 186 valence electrons. The zero-order chi connectivity index (χ0) is 24.9. The Balaban J connectivity index is 1.68. The molecule has 1 amide bonds. The highest BCUT2D eigenvalue weighted by molar-refractivity contribution is 7.90. The summed E-state index contributed by atoms with van der Waals surface area (Å²) >= 11 is 0. The lowest BCUT2D eigenvalue weighted by Crippen LogP contribution is -2.42. The van der Waals surface area contributed by atoms with E-state index in [0.29, 0.717) is 48.9 Å². The van der Waals surface area contributed by atoms with Crippen molar-refractivity contribution in [3.8, 4) is 11.6 Å². The number of piperidine rings is 1. The number of carbonyl (C=O) groups is 1. The number of pyridine rings is 1. The number of anilines is 2. The smallest absolute Gasteiger partial charge is 0.410 e. The van der Waals surface area contributed by atoms with Gasteiger partial charge in [-0.15, -0.1) is 0 Å². The molecule has 0 radical (unpaired) electrons. The van der Waals surface area contributed by atoms with Crippen LogP contribution in [0.25, 0.3) is 0 Å². The summed E-state index contributed by atoms with van der Waals surface area (Å²) in [5.41, 5.74) is 1.06. The second kappa shape index (κ2) is 10.9. The van der Waals surface area contributed by atoms with E-state index in [1.807, 2.05) is 13.8 Å². The van der Waals surface area contributed by atoms with Crippen molar-refractivity contribution in [3.63, 3.8) is 0 Å². The Labute approximate surface area is 199 Å². The van der Waals surface area contributed by atoms with E-state index in [0.717, 1.165) is 12.7 Å². The van der Waals surface area contributed by atoms with Crippen LogP contribution < -0.4 is 14.8 Å². The van der Waals surface area contributed by atoms with Crippen LogP contribution in [0.1, 0.15) is 38.8 Å². The number of hydrogen-bond acceptors (Lipinski definition) is 10. The highest BCUT2D eigenvalue weighted by atomic mass is 32.2. The maximum atomic E-state index is 12.2. The SMILES string of the molecule is CC[C@H](C)OC(=O)N1CCC(Oc2ncnc(Nc3ccc(S(C)(=O)=O)nc3C)c2OC)CC1. The molecule has 3 rings (SSSR count). The van der Waals surface area contributed by atoms with Crippen molar-refractivity contribution in [3.05, 3.63) is 24.2 Å². The van der Waals surface area contributed by atoms with Gasteiger partial charge in [-0.05, 0) is 32.4 Å². The Morgan fingerprint density at radius 3 is 2.56 bits per heavy atom. The molecule has 1 fully saturated rings. The number of likely N-dealkylation sites (tertiary alicyclic amines) is 1. The number of sulfone groups is 1. The lowest BCUT2D eigenvalue weighted by molar-refractivity contribution is 0.0446. The van der Waals surface area contributed by atoms with Crippen LogP contribution in [0.3, 0.4) is 0 Å². The number of methoxy groups -OCH3 is 1. The molecule has 2 aromatic rings. The third-order valence-corrected chi connectivity index (χ3v) is 6.51. The van der Waals surface area contributed by atoms with E-state index in [2.05, 4.69) is 20.3 Å². The Kier molecular flexibility index (Phi) is 8.13. The summed E-state index contributed by atoms with van der Waals surface area (Å²) in [5.74, 6) is 0.950. The predicted octanol–water partition coefficient (Wildman–Crippen LogP) is 3.11. The second-order valence-corrected chi connectivity index (χ2v) is 10.1. The molecule has 3 heterocycles. The van der Waals surface area contributed by atoms with E-state index in [-0.39, 0.29) is 29.2 Å². The van der Waals surface area contributed by atoms with E-state index in [1.165, 1.54) is 19.5 Å². The van der Waals surface area contributed by atoms with Gasteiger partial charge >= 0.3 is 6.09 Å². The molecule has 34 heavy (non-hydrogen) atoms. The van der Waals surface area contributed by atoms with Crippen LogP contribution >= 0.6 is 0 Å². The number of amides is 1. The van der Waals surface area contributed by atoms with E-state index in [4.69, 9.17) is 14.2 Å². The van der Waals surface area contributed by atoms with Gasteiger partial charge < -0.3 is 24.4 Å². The van der Waals surface area contributed by atoms with Crippen molar-refractivity contribution in [1.29, 1.82) is 0 Å². The number of ether oxygens (including phenoxy) is 3. The molecule has 0 aromatic carbocycles. The quantitative estimate of drug-likeness (QED) is 0.585. The number of carbonyl (C=O) groups excluding carboxylic acids is 1. The van der Waals surface area contributed by atoms with Crippen molar-refractivity contribution >= 4 is 27.4 Å². The van der Waals surface area contributed by atoms with Crippen molar-refractivity contribution in [2.45, 2.75) is 57.3 Å². The van der Waals surface area contributed by atoms with E-state index >= 15 is 0 Å². The summed E-state index contributed by atoms with van der Waals surface area (Å²) in [4.78, 5) is 26.5. The van der Waals surface area contributed by atoms with E-state index in [9.17, 15) is 13.2 Å². The third-order valence-electron chi connectivity index (χ3n) is 5.52. The molecule has 1 saturated heterocycles. The normalized spacial score (nSPS) is 15.5. The largest absolute Gasteiger partial charge is 0.489 e. The van der Waals surface area contributed by atoms with Gasteiger partial charge in [0.2, 0.25) is 5.75 Å². The lowest BCUT2D eigenvalue weighted by atomic mass is 10.1. The molecule has 1 aliphatic rings. The van der Waals surface area contributed by atoms with Crippen LogP contribution in [0, 0.1) is 6.92 Å². The summed E-state index contributed by atoms with van der Waals surface area (Å²) in [7, 11) is -1.92. The van der Waals surface area contributed by atoms with E-state index < -0.39 is 9.84 Å². The van der Waals surface area contributed by atoms with Gasteiger partial charge in [-0.3, -0.25) is 0 Å². The molecular weight excluding hydrogens is 462 g/mol. The molecule has 0 aliphatic carbocycles. The van der Waals surface area contributed by atoms with Crippen LogP contribution in [-0.2, 0) is 14.6 Å². The predicted molar refractivity (Wildman–Crippen MR) is 125 cm³/mol. The monoisotopic (exact) mass is 493 g/mol. The third kappa shape index (κ3) is 6.25. The van der Waals surface area contributed by atoms with Gasteiger partial charge in [-0.1, -0.05) is 6.92 Å². The molecule has 1 aliphatic heterocycles. The fourth-order valence-corrected chi connectivity index (χ4v) is 3.98. The van der Waals surface area contributed by atoms with Gasteiger partial charge in [0.15, 0.2) is 20.7 Å². The van der Waals surface area contributed by atoms with Crippen molar-refractivity contribution in [1.82, 2.24) is 19.9 Å². The minimum absolute atomic E-state index is 0.00593. The van der Waals surface area contributed by atoms with Crippen LogP contribution in [0.5, 0.6) is 11.6 Å². The zero-order valence-electron chi connectivity index (χ0n) is 20.1. The second-order valence-electron chi connectivity index (χ2n) is 8.15. The van der Waals surface area contributed by atoms with Gasteiger partial charge in [0.1, 0.15) is 18.5 Å². The Hall–Kier alpha value is -3.15. The maximum Gasteiger partial charge on any atom is 0.410 e. The van der Waals surface area contributed by atoms with Crippen LogP contribution in [0.4, 0.5) is 16.3 Å². The standard InChI is InChI=1S/C22H31N5O6S/c1-6-14(2)32-22(28)27-11-9-16(10-12-27)33-21-19(31-4)20(23-13-24-21)26-17-7-8-18(25-15(17)3)34(5,29)30/h7-8,13-14,16H,6,9-12H2,1-5H3,(H,23,24,26)/t14-/m0/s1. The van der Waals surface area contributed by atoms with Gasteiger partial charge in [0.05, 0.1) is 18.5 Å². The first kappa shape index (κ1) is 25.5. The highest BCUT2D eigenvalue weighted by Crippen LogP contribution is 2.35. The minimum Gasteiger partial charge on any atom is -0.489 e. The number of aryl methyl sites for hydroxylation is 1. The number of aromatic nitrogens is 3. The van der Waals surface area contributed by atoms with Crippen LogP contribution in [0.2, 0.25) is 0 Å². The van der Waals surface area contributed by atoms with Crippen LogP contribution in [0.15, 0.2) is 23.5 Å². The molecule has 1 atom stereocenters. The Bertz CT molecular complexity index is 1120. The molecule has 2 aromatic heterocycles. The molecule has 0 saturated carbocycles. The van der Waals surface area contributed by atoms with Gasteiger partial charge in [0, 0.05) is 32.2 Å². The Morgan fingerprint density at radius 1 is 1.26 bits per heavy atom. The number of hydrogen-bond donors (Lipinski definition) is 1. The number of rotatable bonds is 8. The molecule has 0 bridgehead atoms. The van der Waals surface area contributed by atoms with Gasteiger partial charge in [-0.2, -0.15) is 4.98 Å². The summed E-state index contributed by atoms with van der Waals surface area (Å²) in [6.07, 6.45) is 3.92. The van der Waals surface area contributed by atoms with Crippen molar-refractivity contribution < 1.29 is 27.4 Å². The first-order valence-electron chi connectivity index (χ1n) is 11.1. The minimum atomic E-state index is -3.41. The Morgan fingerprint density at radius 2 is 1.97 bits per heavy atom. The van der Waals surface area contributed by atoms with Crippen molar-refractivity contribution in [2.75, 3.05) is 31.8 Å². The summed E-state index contributed by atoms with van der Waals surface area (Å²) in [6.45, 7) is 6.59. The fourth-order valence-electron chi connectivity index (χ4n) is 3.36. The van der Waals surface area contributed by atoms with Crippen LogP contribution in [-0.4, -0.2) is 73.0 Å². The topological polar surface area (TPSA) is 133 Å². The fraction of sp³-hybridized carbons (Fsp3) is 0.545. The first-order chi connectivity index (χ1) is 16.1. The number of nitrogens with zero attached hydrogens (tertiary/aromatic N) is 4. The van der Waals surface area contributed by atoms with Gasteiger partial charge in [-0.25, -0.2) is 23.2 Å². The average Bonchev–Trinajstić information content (AvgIpc) is 2.80. The summed E-state index contributed by atoms with van der Waals surface area (Å²) in [5, 5.41) is 3.10. The van der Waals surface area contributed by atoms with Crippen molar-refractivity contribution in [2.24, 2.45) is 0 Å². The van der Waals surface area contributed by atoms with Gasteiger partial charge in [0.25, 0.3) is 5.88 Å². The number of nitrogens with one attached hydrogen (secondary N) is 1. The zero-order valence-corrected chi connectivity index (χ0v) is 20.9. The molecule has 12 heteroatoms.